The first kappa shape index (κ1) is 25.2. The predicted octanol–water partition coefficient (Wildman–Crippen LogP) is 3.29. The molecule has 0 bridgehead atoms. The van der Waals surface area contributed by atoms with Crippen molar-refractivity contribution >= 4 is 39.8 Å². The number of aryl methyl sites for hydroxylation is 1. The van der Waals surface area contributed by atoms with E-state index in [0.29, 0.717) is 19.7 Å². The number of hydrogen-bond donors (Lipinski definition) is 2. The van der Waals surface area contributed by atoms with Gasteiger partial charge in [0.15, 0.2) is 15.8 Å². The molecule has 0 aliphatic carbocycles. The number of nitrogens with zero attached hydrogens (tertiary/aromatic N) is 1. The van der Waals surface area contributed by atoms with E-state index in [1.165, 1.54) is 11.8 Å². The van der Waals surface area contributed by atoms with E-state index in [1.54, 1.807) is 0 Å². The average Bonchev–Trinajstić information content (AvgIpc) is 2.64. The van der Waals surface area contributed by atoms with Gasteiger partial charge in [-0.15, -0.1) is 24.0 Å². The Morgan fingerprint density at radius 3 is 2.21 bits per heavy atom. The molecule has 0 amide bonds. The second kappa shape index (κ2) is 12.7. The summed E-state index contributed by atoms with van der Waals surface area (Å²) in [6.07, 6.45) is 1.24. The van der Waals surface area contributed by atoms with Gasteiger partial charge in [0.2, 0.25) is 0 Å². The van der Waals surface area contributed by atoms with Crippen molar-refractivity contribution in [2.24, 2.45) is 4.99 Å². The quantitative estimate of drug-likeness (QED) is 0.225. The lowest BCUT2D eigenvalue weighted by Crippen LogP contribution is -2.39. The van der Waals surface area contributed by atoms with Crippen LogP contribution in [0.4, 0.5) is 0 Å². The number of sulfone groups is 1. The van der Waals surface area contributed by atoms with Crippen LogP contribution in [0.3, 0.4) is 0 Å². The maximum absolute atomic E-state index is 11.4. The van der Waals surface area contributed by atoms with Crippen molar-refractivity contribution in [3.63, 3.8) is 0 Å². The number of guanidine groups is 1. The third kappa shape index (κ3) is 10.5. The Hall–Kier alpha value is -1.81. The minimum atomic E-state index is -3.02. The Balaban J connectivity index is 0.00000420. The van der Waals surface area contributed by atoms with Crippen LogP contribution in [0.1, 0.15) is 23.6 Å². The van der Waals surface area contributed by atoms with Crippen molar-refractivity contribution in [2.75, 3.05) is 26.0 Å². The highest BCUT2D eigenvalue weighted by molar-refractivity contribution is 14.0. The van der Waals surface area contributed by atoms with Gasteiger partial charge in [-0.3, -0.25) is 0 Å². The molecule has 0 spiro atoms. The van der Waals surface area contributed by atoms with E-state index >= 15 is 0 Å². The maximum Gasteiger partial charge on any atom is 0.191 e. The molecule has 2 aromatic carbocycles. The fraction of sp³-hybridized carbons (Fsp3) is 0.381. The molecule has 0 aliphatic heterocycles. The summed E-state index contributed by atoms with van der Waals surface area (Å²) >= 11 is 0. The Morgan fingerprint density at radius 1 is 1.00 bits per heavy atom. The fourth-order valence-electron chi connectivity index (χ4n) is 2.53. The van der Waals surface area contributed by atoms with Crippen molar-refractivity contribution in [3.05, 3.63) is 65.2 Å². The summed E-state index contributed by atoms with van der Waals surface area (Å²) in [7, 11) is -3.02. The van der Waals surface area contributed by atoms with E-state index in [0.717, 1.165) is 29.4 Å². The van der Waals surface area contributed by atoms with Gasteiger partial charge in [0.05, 0.1) is 18.8 Å². The Bertz CT molecular complexity index is 867. The SMILES string of the molecule is CCNC(=NCc1ccc(CS(C)(=O)=O)cc1)NCCOc1ccc(C)cc1.I. The standard InChI is InChI=1S/C21H29N3O3S.HI/c1-4-22-21(23-13-14-27-20-11-5-17(2)6-12-20)24-15-18-7-9-19(10-8-18)16-28(3,25)26;/h5-12H,4,13-16H2,1-3H3,(H2,22,23,24);1H. The number of rotatable bonds is 9. The lowest BCUT2D eigenvalue weighted by atomic mass is 10.1. The topological polar surface area (TPSA) is 79.8 Å². The summed E-state index contributed by atoms with van der Waals surface area (Å²) in [6.45, 7) is 6.50. The van der Waals surface area contributed by atoms with E-state index in [4.69, 9.17) is 4.74 Å². The molecule has 29 heavy (non-hydrogen) atoms. The molecule has 0 radical (unpaired) electrons. The Labute approximate surface area is 191 Å². The smallest absolute Gasteiger partial charge is 0.191 e. The number of hydrogen-bond acceptors (Lipinski definition) is 4. The molecular weight excluding hydrogens is 501 g/mol. The normalized spacial score (nSPS) is 11.5. The molecule has 0 unspecified atom stereocenters. The van der Waals surface area contributed by atoms with Gasteiger partial charge in [0.1, 0.15) is 12.4 Å². The molecular formula is C21H30IN3O3S. The molecule has 0 saturated heterocycles. The van der Waals surface area contributed by atoms with Gasteiger partial charge >= 0.3 is 0 Å². The largest absolute Gasteiger partial charge is 0.492 e. The molecule has 2 N–H and O–H groups in total. The van der Waals surface area contributed by atoms with Crippen LogP contribution < -0.4 is 15.4 Å². The van der Waals surface area contributed by atoms with Crippen LogP contribution in [0.15, 0.2) is 53.5 Å². The number of ether oxygens (including phenoxy) is 1. The van der Waals surface area contributed by atoms with Gasteiger partial charge in [-0.25, -0.2) is 13.4 Å². The van der Waals surface area contributed by atoms with Gasteiger partial charge in [-0.1, -0.05) is 42.0 Å². The first-order valence-corrected chi connectivity index (χ1v) is 11.4. The molecule has 2 aromatic rings. The van der Waals surface area contributed by atoms with Gasteiger partial charge in [-0.05, 0) is 37.1 Å². The van der Waals surface area contributed by atoms with E-state index in [2.05, 4.69) is 15.6 Å². The van der Waals surface area contributed by atoms with E-state index in [-0.39, 0.29) is 29.7 Å². The zero-order valence-electron chi connectivity index (χ0n) is 17.1. The third-order valence-corrected chi connectivity index (χ3v) is 4.76. The predicted molar refractivity (Wildman–Crippen MR) is 130 cm³/mol. The van der Waals surface area contributed by atoms with E-state index in [9.17, 15) is 8.42 Å². The number of halogens is 1. The lowest BCUT2D eigenvalue weighted by Gasteiger charge is -2.12. The van der Waals surface area contributed by atoms with Crippen LogP contribution >= 0.6 is 24.0 Å². The second-order valence-electron chi connectivity index (χ2n) is 6.67. The van der Waals surface area contributed by atoms with Crippen LogP contribution in [0.5, 0.6) is 5.75 Å². The maximum atomic E-state index is 11.4. The van der Waals surface area contributed by atoms with Crippen molar-refractivity contribution in [1.29, 1.82) is 0 Å². The lowest BCUT2D eigenvalue weighted by molar-refractivity contribution is 0.322. The minimum absolute atomic E-state index is 0. The van der Waals surface area contributed by atoms with Crippen LogP contribution in [-0.2, 0) is 22.1 Å². The number of nitrogens with one attached hydrogen (secondary N) is 2. The van der Waals surface area contributed by atoms with Crippen LogP contribution in [0, 0.1) is 6.92 Å². The average molecular weight is 531 g/mol. The van der Waals surface area contributed by atoms with Gasteiger partial charge < -0.3 is 15.4 Å². The molecule has 0 fully saturated rings. The molecule has 0 aromatic heterocycles. The van der Waals surface area contributed by atoms with Gasteiger partial charge in [0.25, 0.3) is 0 Å². The number of aliphatic imine (C=N–C) groups is 1. The van der Waals surface area contributed by atoms with E-state index in [1.807, 2.05) is 62.4 Å². The first-order chi connectivity index (χ1) is 13.4. The third-order valence-electron chi connectivity index (χ3n) is 3.90. The second-order valence-corrected chi connectivity index (χ2v) is 8.81. The Kier molecular flexibility index (Phi) is 11.0. The summed E-state index contributed by atoms with van der Waals surface area (Å²) in [4.78, 5) is 4.56. The summed E-state index contributed by atoms with van der Waals surface area (Å²) in [5, 5.41) is 6.46. The summed E-state index contributed by atoms with van der Waals surface area (Å²) in [6, 6.07) is 15.5. The molecule has 0 atom stereocenters. The molecule has 0 saturated carbocycles. The zero-order valence-corrected chi connectivity index (χ0v) is 20.3. The molecule has 8 heteroatoms. The monoisotopic (exact) mass is 531 g/mol. The summed E-state index contributed by atoms with van der Waals surface area (Å²) < 4.78 is 28.4. The van der Waals surface area contributed by atoms with Crippen molar-refractivity contribution in [2.45, 2.75) is 26.1 Å². The summed E-state index contributed by atoms with van der Waals surface area (Å²) in [5.74, 6) is 1.63. The highest BCUT2D eigenvalue weighted by atomic mass is 127. The molecule has 6 nitrogen and oxygen atoms in total. The van der Waals surface area contributed by atoms with E-state index < -0.39 is 9.84 Å². The minimum Gasteiger partial charge on any atom is -0.492 e. The van der Waals surface area contributed by atoms with Crippen molar-refractivity contribution < 1.29 is 13.2 Å². The highest BCUT2D eigenvalue weighted by Crippen LogP contribution is 2.11. The first-order valence-electron chi connectivity index (χ1n) is 9.33. The fourth-order valence-corrected chi connectivity index (χ4v) is 3.33. The zero-order chi connectivity index (χ0) is 20.4. The van der Waals surface area contributed by atoms with Gasteiger partial charge in [-0.2, -0.15) is 0 Å². The van der Waals surface area contributed by atoms with Gasteiger partial charge in [0, 0.05) is 12.8 Å². The molecule has 0 heterocycles. The highest BCUT2D eigenvalue weighted by Gasteiger charge is 2.04. The molecule has 160 valence electrons. The van der Waals surface area contributed by atoms with Crippen molar-refractivity contribution in [1.82, 2.24) is 10.6 Å². The van der Waals surface area contributed by atoms with Crippen LogP contribution in [0.25, 0.3) is 0 Å². The number of benzene rings is 2. The molecule has 0 aliphatic rings. The Morgan fingerprint density at radius 2 is 1.62 bits per heavy atom. The van der Waals surface area contributed by atoms with Crippen molar-refractivity contribution in [3.8, 4) is 5.75 Å². The van der Waals surface area contributed by atoms with Crippen LogP contribution in [-0.4, -0.2) is 40.3 Å². The molecule has 2 rings (SSSR count). The van der Waals surface area contributed by atoms with Crippen LogP contribution in [0.2, 0.25) is 0 Å². The summed E-state index contributed by atoms with van der Waals surface area (Å²) in [5.41, 5.74) is 3.01.